The third kappa shape index (κ3) is 9.70. The van der Waals surface area contributed by atoms with E-state index in [0.717, 1.165) is 6.42 Å². The summed E-state index contributed by atoms with van der Waals surface area (Å²) >= 11 is 0. The number of allylic oxidation sites excluding steroid dienone is 1. The maximum Gasteiger partial charge on any atom is 0.125 e. The number of aliphatic hydroxyl groups is 1. The lowest BCUT2D eigenvalue weighted by molar-refractivity contribution is 0.0408. The van der Waals surface area contributed by atoms with Crippen molar-refractivity contribution < 1.29 is 5.11 Å². The van der Waals surface area contributed by atoms with Crippen molar-refractivity contribution in [3.63, 3.8) is 0 Å². The Bertz CT molecular complexity index is 326. The summed E-state index contributed by atoms with van der Waals surface area (Å²) in [6.45, 7) is 4.07. The van der Waals surface area contributed by atoms with Crippen LogP contribution in [0.25, 0.3) is 0 Å². The molecule has 0 radical (unpaired) electrons. The summed E-state index contributed by atoms with van der Waals surface area (Å²) in [5, 5.41) is 12.9. The first-order chi connectivity index (χ1) is 11.3. The molecule has 0 spiro atoms. The summed E-state index contributed by atoms with van der Waals surface area (Å²) in [5.74, 6) is 0. The molecule has 0 aromatic heterocycles. The van der Waals surface area contributed by atoms with Crippen molar-refractivity contribution in [2.45, 2.75) is 103 Å². The van der Waals surface area contributed by atoms with Crippen LogP contribution in [0, 0.1) is 0 Å². The van der Waals surface area contributed by atoms with Crippen molar-refractivity contribution in [2.24, 2.45) is 0 Å². The van der Waals surface area contributed by atoms with Gasteiger partial charge in [0.1, 0.15) is 12.4 Å². The van der Waals surface area contributed by atoms with Crippen LogP contribution in [0.3, 0.4) is 0 Å². The molecule has 134 valence electrons. The Morgan fingerprint density at radius 2 is 1.57 bits per heavy atom. The van der Waals surface area contributed by atoms with Gasteiger partial charge in [0.15, 0.2) is 0 Å². The molecule has 1 aliphatic heterocycles. The van der Waals surface area contributed by atoms with Gasteiger partial charge in [0, 0.05) is 12.4 Å². The van der Waals surface area contributed by atoms with Gasteiger partial charge < -0.3 is 15.3 Å². The second kappa shape index (κ2) is 13.5. The smallest absolute Gasteiger partial charge is 0.125 e. The SMILES string of the molecule is CCCCCCCCCCCCC/C=C/C1NC=CN1C(C)O. The molecule has 0 fully saturated rings. The van der Waals surface area contributed by atoms with Gasteiger partial charge in [-0.2, -0.15) is 0 Å². The summed E-state index contributed by atoms with van der Waals surface area (Å²) in [4.78, 5) is 1.91. The van der Waals surface area contributed by atoms with Gasteiger partial charge in [-0.1, -0.05) is 77.2 Å². The molecule has 1 aliphatic rings. The van der Waals surface area contributed by atoms with Crippen LogP contribution in [-0.4, -0.2) is 22.4 Å². The second-order valence-electron chi connectivity index (χ2n) is 6.76. The quantitative estimate of drug-likeness (QED) is 0.337. The van der Waals surface area contributed by atoms with Gasteiger partial charge in [-0.15, -0.1) is 0 Å². The Hall–Kier alpha value is -0.960. The topological polar surface area (TPSA) is 35.5 Å². The summed E-state index contributed by atoms with van der Waals surface area (Å²) in [6, 6.07) is 0. The minimum Gasteiger partial charge on any atom is -0.374 e. The Morgan fingerprint density at radius 1 is 1.00 bits per heavy atom. The first-order valence-corrected chi connectivity index (χ1v) is 9.80. The van der Waals surface area contributed by atoms with Crippen LogP contribution in [0.5, 0.6) is 0 Å². The molecule has 3 nitrogen and oxygen atoms in total. The van der Waals surface area contributed by atoms with E-state index in [9.17, 15) is 5.11 Å². The fourth-order valence-corrected chi connectivity index (χ4v) is 3.07. The number of rotatable bonds is 14. The highest BCUT2D eigenvalue weighted by atomic mass is 16.3. The molecule has 2 N–H and O–H groups in total. The van der Waals surface area contributed by atoms with Gasteiger partial charge in [0.2, 0.25) is 0 Å². The van der Waals surface area contributed by atoms with E-state index in [1.54, 1.807) is 6.92 Å². The number of hydrogen-bond donors (Lipinski definition) is 2. The van der Waals surface area contributed by atoms with Gasteiger partial charge in [-0.3, -0.25) is 0 Å². The lowest BCUT2D eigenvalue weighted by Crippen LogP contribution is -2.39. The summed E-state index contributed by atoms with van der Waals surface area (Å²) in [7, 11) is 0. The van der Waals surface area contributed by atoms with Crippen molar-refractivity contribution in [1.29, 1.82) is 0 Å². The summed E-state index contributed by atoms with van der Waals surface area (Å²) in [6.07, 6.45) is 24.3. The van der Waals surface area contributed by atoms with E-state index in [2.05, 4.69) is 24.4 Å². The predicted octanol–water partition coefficient (Wildman–Crippen LogP) is 5.28. The van der Waals surface area contributed by atoms with Gasteiger partial charge >= 0.3 is 0 Å². The molecule has 0 amide bonds. The molecule has 0 aromatic carbocycles. The maximum atomic E-state index is 9.63. The largest absolute Gasteiger partial charge is 0.374 e. The van der Waals surface area contributed by atoms with Gasteiger partial charge in [-0.05, 0) is 25.8 Å². The molecule has 2 atom stereocenters. The fraction of sp³-hybridized carbons (Fsp3) is 0.800. The molecular weight excluding hydrogens is 284 g/mol. The summed E-state index contributed by atoms with van der Waals surface area (Å²) in [5.41, 5.74) is 0. The van der Waals surface area contributed by atoms with Crippen molar-refractivity contribution in [1.82, 2.24) is 10.2 Å². The maximum absolute atomic E-state index is 9.63. The number of aliphatic hydroxyl groups excluding tert-OH is 1. The van der Waals surface area contributed by atoms with Crippen LogP contribution in [-0.2, 0) is 0 Å². The van der Waals surface area contributed by atoms with Crippen molar-refractivity contribution in [2.75, 3.05) is 0 Å². The Morgan fingerprint density at radius 3 is 2.13 bits per heavy atom. The van der Waals surface area contributed by atoms with Crippen molar-refractivity contribution in [3.05, 3.63) is 24.6 Å². The molecule has 0 saturated heterocycles. The van der Waals surface area contributed by atoms with Gasteiger partial charge in [0.05, 0.1) is 0 Å². The zero-order valence-electron chi connectivity index (χ0n) is 15.3. The lowest BCUT2D eigenvalue weighted by Gasteiger charge is -2.25. The zero-order valence-corrected chi connectivity index (χ0v) is 15.3. The average molecular weight is 323 g/mol. The van der Waals surface area contributed by atoms with Crippen molar-refractivity contribution in [3.8, 4) is 0 Å². The van der Waals surface area contributed by atoms with E-state index in [1.807, 2.05) is 17.3 Å². The highest BCUT2D eigenvalue weighted by molar-refractivity contribution is 5.04. The molecule has 0 aromatic rings. The molecular formula is C20H38N2O. The van der Waals surface area contributed by atoms with Crippen LogP contribution < -0.4 is 5.32 Å². The van der Waals surface area contributed by atoms with Crippen LogP contribution in [0.15, 0.2) is 24.6 Å². The normalized spacial score (nSPS) is 18.7. The molecule has 0 bridgehead atoms. The van der Waals surface area contributed by atoms with E-state index in [1.165, 1.54) is 70.6 Å². The highest BCUT2D eigenvalue weighted by Gasteiger charge is 2.18. The number of hydrogen-bond acceptors (Lipinski definition) is 3. The number of nitrogens with zero attached hydrogens (tertiary/aromatic N) is 1. The van der Waals surface area contributed by atoms with Crippen LogP contribution in [0.1, 0.15) is 90.9 Å². The molecule has 23 heavy (non-hydrogen) atoms. The Labute approximate surface area is 143 Å². The van der Waals surface area contributed by atoms with E-state index in [0.29, 0.717) is 0 Å². The Kier molecular flexibility index (Phi) is 11.8. The van der Waals surface area contributed by atoms with Crippen LogP contribution in [0.2, 0.25) is 0 Å². The van der Waals surface area contributed by atoms with Crippen LogP contribution in [0.4, 0.5) is 0 Å². The minimum absolute atomic E-state index is 0.114. The molecule has 0 aliphatic carbocycles. The molecule has 1 rings (SSSR count). The third-order valence-electron chi connectivity index (χ3n) is 4.56. The monoisotopic (exact) mass is 322 g/mol. The fourth-order valence-electron chi connectivity index (χ4n) is 3.07. The first-order valence-electron chi connectivity index (χ1n) is 9.80. The molecule has 2 unspecified atom stereocenters. The summed E-state index contributed by atoms with van der Waals surface area (Å²) < 4.78 is 0. The lowest BCUT2D eigenvalue weighted by atomic mass is 10.1. The van der Waals surface area contributed by atoms with E-state index in [-0.39, 0.29) is 6.17 Å². The van der Waals surface area contributed by atoms with Crippen molar-refractivity contribution >= 4 is 0 Å². The van der Waals surface area contributed by atoms with Gasteiger partial charge in [0.25, 0.3) is 0 Å². The van der Waals surface area contributed by atoms with E-state index in [4.69, 9.17) is 0 Å². The second-order valence-corrected chi connectivity index (χ2v) is 6.76. The predicted molar refractivity (Wildman–Crippen MR) is 99.8 cm³/mol. The van der Waals surface area contributed by atoms with E-state index < -0.39 is 6.23 Å². The Balaban J connectivity index is 1.87. The minimum atomic E-state index is -0.446. The molecule has 3 heteroatoms. The standard InChI is InChI=1S/C20H38N2O/c1-3-4-5-6-7-8-9-10-11-12-13-14-15-16-20-21-17-18-22(20)19(2)23/h15-21,23H,3-14H2,1-2H3/b16-15+. The number of nitrogens with one attached hydrogen (secondary N) is 1. The van der Waals surface area contributed by atoms with E-state index >= 15 is 0 Å². The van der Waals surface area contributed by atoms with Crippen LogP contribution >= 0.6 is 0 Å². The number of unbranched alkanes of at least 4 members (excludes halogenated alkanes) is 11. The average Bonchev–Trinajstić information content (AvgIpc) is 3.00. The van der Waals surface area contributed by atoms with Gasteiger partial charge in [-0.25, -0.2) is 0 Å². The third-order valence-corrected chi connectivity index (χ3v) is 4.56. The molecule has 1 heterocycles. The first kappa shape index (κ1) is 20.1. The molecule has 0 saturated carbocycles. The highest BCUT2D eigenvalue weighted by Crippen LogP contribution is 2.13. The zero-order chi connectivity index (χ0) is 16.8.